The Hall–Kier alpha value is -0.701. The van der Waals surface area contributed by atoms with Gasteiger partial charge in [0.1, 0.15) is 0 Å². The van der Waals surface area contributed by atoms with Crippen LogP contribution in [-0.4, -0.2) is 21.9 Å². The molecule has 1 nitrogen and oxygen atoms in total. The van der Waals surface area contributed by atoms with Crippen molar-refractivity contribution in [3.8, 4) is 0 Å². The number of hydrogen-bond acceptors (Lipinski definition) is 2. The van der Waals surface area contributed by atoms with Crippen molar-refractivity contribution < 1.29 is 0 Å². The van der Waals surface area contributed by atoms with Crippen LogP contribution < -0.4 is 0 Å². The molecule has 3 rings (SSSR count). The zero-order chi connectivity index (χ0) is 14.9. The van der Waals surface area contributed by atoms with Crippen molar-refractivity contribution in [3.63, 3.8) is 0 Å². The Morgan fingerprint density at radius 3 is 2.19 bits per heavy atom. The van der Waals surface area contributed by atoms with Gasteiger partial charge in [-0.05, 0) is 0 Å². The minimum absolute atomic E-state index is 0.834. The predicted octanol–water partition coefficient (Wildman–Crippen LogP) is 5.25. The van der Waals surface area contributed by atoms with Gasteiger partial charge in [-0.3, -0.25) is 0 Å². The fraction of sp³-hybridized carbons (Fsp3) is 0.0625. The molecule has 5 heteroatoms. The summed E-state index contributed by atoms with van der Waals surface area (Å²) >= 11 is -1.14. The van der Waals surface area contributed by atoms with E-state index >= 15 is 0 Å². The van der Waals surface area contributed by atoms with Crippen molar-refractivity contribution in [2.75, 3.05) is 6.26 Å². The van der Waals surface area contributed by atoms with E-state index < -0.39 is 11.0 Å². The Morgan fingerprint density at radius 2 is 1.57 bits per heavy atom. The molecule has 0 spiro atoms. The summed E-state index contributed by atoms with van der Waals surface area (Å²) in [4.78, 5) is 7.88. The first-order valence-corrected chi connectivity index (χ1v) is 13.9. The number of nitrogens with zero attached hydrogens (tertiary/aromatic N) is 1. The third kappa shape index (κ3) is 3.23. The molecule has 1 aliphatic rings. The average molecular weight is 401 g/mol. The van der Waals surface area contributed by atoms with E-state index in [1.165, 1.54) is 4.90 Å². The molecule has 0 unspecified atom stereocenters. The molecule has 0 radical (unpaired) electrons. The standard InChI is InChI=1S/C16H13Cl2NSSe/c1-20-14-9-7-13(8-10-14)16-19-15(11-21(16,17)18)12-5-3-2-4-6-12/h2-11H,1H3. The van der Waals surface area contributed by atoms with Crippen LogP contribution in [0.3, 0.4) is 0 Å². The second kappa shape index (κ2) is 6.19. The Kier molecular flexibility index (Phi) is 4.49. The van der Waals surface area contributed by atoms with Gasteiger partial charge in [0.15, 0.2) is 0 Å². The first-order valence-electron chi connectivity index (χ1n) is 6.33. The van der Waals surface area contributed by atoms with Gasteiger partial charge in [0.05, 0.1) is 0 Å². The van der Waals surface area contributed by atoms with Crippen molar-refractivity contribution in [1.29, 1.82) is 0 Å². The molecule has 0 saturated carbocycles. The first-order chi connectivity index (χ1) is 10.1. The van der Waals surface area contributed by atoms with E-state index in [-0.39, 0.29) is 0 Å². The van der Waals surface area contributed by atoms with Crippen LogP contribution in [0.25, 0.3) is 5.70 Å². The van der Waals surface area contributed by atoms with Gasteiger partial charge in [0.2, 0.25) is 0 Å². The van der Waals surface area contributed by atoms with Crippen LogP contribution in [0.5, 0.6) is 0 Å². The summed E-state index contributed by atoms with van der Waals surface area (Å²) < 4.78 is 0.834. The molecule has 0 amide bonds. The van der Waals surface area contributed by atoms with E-state index in [4.69, 9.17) is 25.2 Å². The predicted molar refractivity (Wildman–Crippen MR) is 96.6 cm³/mol. The molecule has 0 bridgehead atoms. The van der Waals surface area contributed by atoms with Gasteiger partial charge in [-0.2, -0.15) is 0 Å². The molecule has 21 heavy (non-hydrogen) atoms. The molecule has 0 saturated heterocycles. The van der Waals surface area contributed by atoms with E-state index in [0.717, 1.165) is 21.4 Å². The van der Waals surface area contributed by atoms with E-state index in [2.05, 4.69) is 18.4 Å². The number of aliphatic imine (C=N–C) groups is 1. The van der Waals surface area contributed by atoms with Gasteiger partial charge < -0.3 is 0 Å². The van der Waals surface area contributed by atoms with Gasteiger partial charge in [-0.25, -0.2) is 0 Å². The summed E-state index contributed by atoms with van der Waals surface area (Å²) in [5.74, 6) is 0. The van der Waals surface area contributed by atoms with Crippen LogP contribution in [0.2, 0.25) is 0 Å². The van der Waals surface area contributed by atoms with Crippen LogP contribution in [0.15, 0.2) is 69.5 Å². The Balaban J connectivity index is 1.99. The van der Waals surface area contributed by atoms with Crippen LogP contribution in [0.1, 0.15) is 11.1 Å². The molecular weight excluding hydrogens is 388 g/mol. The van der Waals surface area contributed by atoms with E-state index in [9.17, 15) is 0 Å². The van der Waals surface area contributed by atoms with Gasteiger partial charge in [-0.1, -0.05) is 0 Å². The van der Waals surface area contributed by atoms with Crippen molar-refractivity contribution in [3.05, 3.63) is 70.7 Å². The molecule has 2 aromatic carbocycles. The number of hydrogen-bond donors (Lipinski definition) is 0. The number of thioether (sulfide) groups is 1. The number of halogens is 2. The van der Waals surface area contributed by atoms with Gasteiger partial charge >= 0.3 is 140 Å². The molecule has 0 aromatic heterocycles. The fourth-order valence-corrected chi connectivity index (χ4v) is 7.28. The van der Waals surface area contributed by atoms with Crippen LogP contribution >= 0.6 is 32.0 Å². The maximum atomic E-state index is 6.60. The molecule has 0 atom stereocenters. The van der Waals surface area contributed by atoms with Crippen LogP contribution in [-0.2, 0) is 0 Å². The average Bonchev–Trinajstić information content (AvgIpc) is 2.84. The van der Waals surface area contributed by atoms with Crippen molar-refractivity contribution in [1.82, 2.24) is 0 Å². The normalized spacial score (nSPS) is 18.0. The Bertz CT molecular complexity index is 709. The monoisotopic (exact) mass is 401 g/mol. The third-order valence-corrected chi connectivity index (χ3v) is 9.19. The summed E-state index contributed by atoms with van der Waals surface area (Å²) in [6, 6.07) is 18.3. The quantitative estimate of drug-likeness (QED) is 0.506. The first kappa shape index (κ1) is 15.2. The summed E-state index contributed by atoms with van der Waals surface area (Å²) in [7, 11) is 13.2. The fourth-order valence-electron chi connectivity index (χ4n) is 2.09. The molecule has 0 aliphatic carbocycles. The molecule has 0 fully saturated rings. The SMILES string of the molecule is CSc1ccc(C2=NC(c3ccccc3)=C[Se]2(Cl)Cl)cc1. The molecule has 108 valence electrons. The van der Waals surface area contributed by atoms with E-state index in [1.54, 1.807) is 11.8 Å². The second-order valence-electron chi connectivity index (χ2n) is 4.52. The molecule has 1 heterocycles. The summed E-state index contributed by atoms with van der Waals surface area (Å²) in [6.45, 7) is 0. The third-order valence-electron chi connectivity index (χ3n) is 3.15. The van der Waals surface area contributed by atoms with Gasteiger partial charge in [0, 0.05) is 0 Å². The summed E-state index contributed by atoms with van der Waals surface area (Å²) in [5, 5.41) is 0. The molecule has 1 aliphatic heterocycles. The zero-order valence-electron chi connectivity index (χ0n) is 11.3. The second-order valence-corrected chi connectivity index (χ2v) is 14.7. The number of benzene rings is 2. The zero-order valence-corrected chi connectivity index (χ0v) is 15.3. The Morgan fingerprint density at radius 1 is 0.905 bits per heavy atom. The number of rotatable bonds is 3. The summed E-state index contributed by atoms with van der Waals surface area (Å²) in [5.41, 5.74) is 2.95. The van der Waals surface area contributed by atoms with E-state index in [1.807, 2.05) is 47.4 Å². The van der Waals surface area contributed by atoms with Gasteiger partial charge in [0.25, 0.3) is 0 Å². The minimum atomic E-state index is -2.85. The van der Waals surface area contributed by atoms with Crippen molar-refractivity contribution >= 4 is 53.3 Å². The molecular formula is C16H13Cl2NSSe. The Labute approximate surface area is 139 Å². The molecule has 0 N–H and O–H groups in total. The topological polar surface area (TPSA) is 12.4 Å². The van der Waals surface area contributed by atoms with E-state index in [0.29, 0.717) is 0 Å². The van der Waals surface area contributed by atoms with Crippen molar-refractivity contribution in [2.24, 2.45) is 4.99 Å². The van der Waals surface area contributed by atoms with Crippen LogP contribution in [0.4, 0.5) is 0 Å². The van der Waals surface area contributed by atoms with Crippen LogP contribution in [0, 0.1) is 0 Å². The molecule has 2 aromatic rings. The summed E-state index contributed by atoms with van der Waals surface area (Å²) in [6.07, 6.45) is 2.06. The van der Waals surface area contributed by atoms with Gasteiger partial charge in [-0.15, -0.1) is 0 Å². The maximum absolute atomic E-state index is 6.60. The van der Waals surface area contributed by atoms with Crippen molar-refractivity contribution in [2.45, 2.75) is 4.90 Å².